The van der Waals surface area contributed by atoms with Crippen LogP contribution in [0.15, 0.2) is 12.1 Å². The van der Waals surface area contributed by atoms with E-state index >= 15 is 0 Å². The zero-order chi connectivity index (χ0) is 13.9. The molecule has 1 aromatic rings. The molecule has 0 saturated carbocycles. The average Bonchev–Trinajstić information content (AvgIpc) is 2.27. The van der Waals surface area contributed by atoms with E-state index in [9.17, 15) is 4.79 Å². The van der Waals surface area contributed by atoms with Crippen molar-refractivity contribution in [2.75, 3.05) is 14.2 Å². The maximum Gasteiger partial charge on any atom is 0.320 e. The Hall–Kier alpha value is -1.55. The van der Waals surface area contributed by atoms with Crippen molar-refractivity contribution in [2.45, 2.75) is 33.4 Å². The zero-order valence-corrected chi connectivity index (χ0v) is 11.7. The van der Waals surface area contributed by atoms with Crippen molar-refractivity contribution in [1.82, 2.24) is 4.90 Å². The van der Waals surface area contributed by atoms with E-state index in [0.29, 0.717) is 6.54 Å². The number of hydrogen-bond donors (Lipinski definition) is 1. The number of likely N-dealkylation sites (N-methyl/N-ethyl adjacent to an activating group) is 1. The lowest BCUT2D eigenvalue weighted by Gasteiger charge is -2.23. The molecule has 1 N–H and O–H groups in total. The number of ether oxygens (including phenoxy) is 1. The first kappa shape index (κ1) is 14.5. The second kappa shape index (κ2) is 5.87. The average molecular weight is 251 g/mol. The Bertz CT molecular complexity index is 443. The first-order chi connectivity index (χ1) is 8.36. The van der Waals surface area contributed by atoms with Crippen LogP contribution in [-0.4, -0.2) is 36.2 Å². The highest BCUT2D eigenvalue weighted by Crippen LogP contribution is 2.26. The molecule has 0 spiro atoms. The van der Waals surface area contributed by atoms with Gasteiger partial charge in [-0.25, -0.2) is 0 Å². The summed E-state index contributed by atoms with van der Waals surface area (Å²) < 4.78 is 5.40. The first-order valence-corrected chi connectivity index (χ1v) is 5.94. The number of hydrogen-bond acceptors (Lipinski definition) is 3. The third-order valence-corrected chi connectivity index (χ3v) is 3.14. The molecule has 4 heteroatoms. The Morgan fingerprint density at radius 3 is 2.56 bits per heavy atom. The molecule has 4 nitrogen and oxygen atoms in total. The van der Waals surface area contributed by atoms with E-state index in [4.69, 9.17) is 9.84 Å². The molecule has 1 unspecified atom stereocenters. The van der Waals surface area contributed by atoms with Gasteiger partial charge in [-0.05, 0) is 33.4 Å². The topological polar surface area (TPSA) is 49.8 Å². The summed E-state index contributed by atoms with van der Waals surface area (Å²) in [5, 5.41) is 8.99. The van der Waals surface area contributed by atoms with Crippen LogP contribution in [-0.2, 0) is 11.3 Å². The van der Waals surface area contributed by atoms with Crippen molar-refractivity contribution in [3.63, 3.8) is 0 Å². The summed E-state index contributed by atoms with van der Waals surface area (Å²) in [6.45, 7) is 6.25. The predicted octanol–water partition coefficient (Wildman–Crippen LogP) is 2.22. The molecule has 0 radical (unpaired) electrons. The Labute approximate surface area is 108 Å². The van der Waals surface area contributed by atoms with E-state index in [1.165, 1.54) is 0 Å². The van der Waals surface area contributed by atoms with Gasteiger partial charge in [0.1, 0.15) is 11.8 Å². The lowest BCUT2D eigenvalue weighted by molar-refractivity contribution is -0.142. The van der Waals surface area contributed by atoms with E-state index in [1.807, 2.05) is 19.9 Å². The van der Waals surface area contributed by atoms with Gasteiger partial charge < -0.3 is 9.84 Å². The Balaban J connectivity index is 3.00. The van der Waals surface area contributed by atoms with E-state index in [0.717, 1.165) is 22.4 Å². The van der Waals surface area contributed by atoms with Gasteiger partial charge in [0.15, 0.2) is 0 Å². The fourth-order valence-electron chi connectivity index (χ4n) is 2.05. The highest BCUT2D eigenvalue weighted by atomic mass is 16.5. The fraction of sp³-hybridized carbons (Fsp3) is 0.500. The number of nitrogens with zero attached hydrogens (tertiary/aromatic N) is 1. The van der Waals surface area contributed by atoms with Crippen molar-refractivity contribution in [3.8, 4) is 5.75 Å². The lowest BCUT2D eigenvalue weighted by Crippen LogP contribution is -2.35. The van der Waals surface area contributed by atoms with Crippen LogP contribution in [0.1, 0.15) is 23.6 Å². The summed E-state index contributed by atoms with van der Waals surface area (Å²) in [4.78, 5) is 12.7. The molecule has 100 valence electrons. The highest BCUT2D eigenvalue weighted by Gasteiger charge is 2.18. The maximum atomic E-state index is 10.9. The molecule has 0 aliphatic heterocycles. The van der Waals surface area contributed by atoms with Gasteiger partial charge >= 0.3 is 5.97 Å². The molecule has 0 bridgehead atoms. The zero-order valence-electron chi connectivity index (χ0n) is 11.7. The highest BCUT2D eigenvalue weighted by molar-refractivity contribution is 5.72. The van der Waals surface area contributed by atoms with Crippen LogP contribution in [0.25, 0.3) is 0 Å². The van der Waals surface area contributed by atoms with Crippen molar-refractivity contribution >= 4 is 5.97 Å². The number of aliphatic carboxylic acids is 1. The summed E-state index contributed by atoms with van der Waals surface area (Å²) in [7, 11) is 3.44. The van der Waals surface area contributed by atoms with Crippen LogP contribution < -0.4 is 4.74 Å². The molecule has 0 saturated heterocycles. The normalized spacial score (nSPS) is 12.6. The minimum atomic E-state index is -0.819. The molecular weight excluding hydrogens is 230 g/mol. The van der Waals surface area contributed by atoms with E-state index in [2.05, 4.69) is 6.07 Å². The van der Waals surface area contributed by atoms with Crippen LogP contribution in [0.2, 0.25) is 0 Å². The monoisotopic (exact) mass is 251 g/mol. The molecule has 1 atom stereocenters. The molecule has 0 heterocycles. The van der Waals surface area contributed by atoms with E-state index < -0.39 is 12.0 Å². The number of carbonyl (C=O) groups is 1. The van der Waals surface area contributed by atoms with Crippen molar-refractivity contribution in [2.24, 2.45) is 0 Å². The third kappa shape index (κ3) is 3.23. The molecule has 1 rings (SSSR count). The van der Waals surface area contributed by atoms with Gasteiger partial charge in [0.05, 0.1) is 7.11 Å². The summed E-state index contributed by atoms with van der Waals surface area (Å²) in [5.74, 6) is 0.0193. The van der Waals surface area contributed by atoms with Crippen molar-refractivity contribution in [1.29, 1.82) is 0 Å². The molecule has 0 amide bonds. The SMILES string of the molecule is COc1c(C)cc(C)cc1CN(C)C(C)C(=O)O. The summed E-state index contributed by atoms with van der Waals surface area (Å²) in [6.07, 6.45) is 0. The predicted molar refractivity (Wildman–Crippen MR) is 71.0 cm³/mol. The van der Waals surface area contributed by atoms with Gasteiger partial charge in [0.25, 0.3) is 0 Å². The molecular formula is C14H21NO3. The summed E-state index contributed by atoms with van der Waals surface area (Å²) in [6, 6.07) is 3.58. The van der Waals surface area contributed by atoms with Crippen molar-refractivity contribution < 1.29 is 14.6 Å². The van der Waals surface area contributed by atoms with Gasteiger partial charge in [-0.3, -0.25) is 9.69 Å². The molecule has 0 aromatic heterocycles. The smallest absolute Gasteiger partial charge is 0.320 e. The van der Waals surface area contributed by atoms with Crippen LogP contribution in [0.3, 0.4) is 0 Å². The van der Waals surface area contributed by atoms with Crippen LogP contribution in [0, 0.1) is 13.8 Å². The molecule has 0 aliphatic rings. The molecule has 1 aromatic carbocycles. The van der Waals surface area contributed by atoms with Crippen LogP contribution >= 0.6 is 0 Å². The number of carboxylic acid groups (broad SMARTS) is 1. The molecule has 18 heavy (non-hydrogen) atoms. The number of aryl methyl sites for hydroxylation is 2. The van der Waals surface area contributed by atoms with Gasteiger partial charge in [-0.15, -0.1) is 0 Å². The van der Waals surface area contributed by atoms with Gasteiger partial charge in [-0.1, -0.05) is 17.7 Å². The lowest BCUT2D eigenvalue weighted by atomic mass is 10.0. The quantitative estimate of drug-likeness (QED) is 0.871. The number of carboxylic acids is 1. The number of methoxy groups -OCH3 is 1. The van der Waals surface area contributed by atoms with Gasteiger partial charge in [-0.2, -0.15) is 0 Å². The second-order valence-corrected chi connectivity index (χ2v) is 4.70. The third-order valence-electron chi connectivity index (χ3n) is 3.14. The molecule has 0 fully saturated rings. The number of benzene rings is 1. The van der Waals surface area contributed by atoms with E-state index in [1.54, 1.807) is 26.0 Å². The second-order valence-electron chi connectivity index (χ2n) is 4.70. The van der Waals surface area contributed by atoms with Gasteiger partial charge in [0, 0.05) is 12.1 Å². The summed E-state index contributed by atoms with van der Waals surface area (Å²) in [5.41, 5.74) is 3.24. The Morgan fingerprint density at radius 1 is 1.44 bits per heavy atom. The molecule has 0 aliphatic carbocycles. The Morgan fingerprint density at radius 2 is 2.06 bits per heavy atom. The summed E-state index contributed by atoms with van der Waals surface area (Å²) >= 11 is 0. The minimum absolute atomic E-state index is 0.518. The number of rotatable bonds is 5. The van der Waals surface area contributed by atoms with E-state index in [-0.39, 0.29) is 0 Å². The first-order valence-electron chi connectivity index (χ1n) is 5.94. The fourth-order valence-corrected chi connectivity index (χ4v) is 2.05. The van der Waals surface area contributed by atoms with Gasteiger partial charge in [0.2, 0.25) is 0 Å². The van der Waals surface area contributed by atoms with Crippen LogP contribution in [0.4, 0.5) is 0 Å². The Kier molecular flexibility index (Phi) is 4.73. The van der Waals surface area contributed by atoms with Crippen LogP contribution in [0.5, 0.6) is 5.75 Å². The maximum absolute atomic E-state index is 10.9. The minimum Gasteiger partial charge on any atom is -0.496 e. The van der Waals surface area contributed by atoms with Crippen molar-refractivity contribution in [3.05, 3.63) is 28.8 Å². The standard InChI is InChI=1S/C14H21NO3/c1-9-6-10(2)13(18-5)12(7-9)8-15(4)11(3)14(16)17/h6-7,11H,8H2,1-5H3,(H,16,17). The largest absolute Gasteiger partial charge is 0.496 e.